The van der Waals surface area contributed by atoms with E-state index in [1.165, 1.54) is 32.1 Å². The topological polar surface area (TPSA) is 38.3 Å². The van der Waals surface area contributed by atoms with E-state index in [0.717, 1.165) is 12.8 Å². The smallest absolute Gasteiger partial charge is 0.337 e. The van der Waals surface area contributed by atoms with Gasteiger partial charge in [-0.3, -0.25) is 0 Å². The van der Waals surface area contributed by atoms with Gasteiger partial charge >= 0.3 is 5.97 Å². The summed E-state index contributed by atoms with van der Waals surface area (Å²) in [5.41, 5.74) is 0.768. The maximum Gasteiger partial charge on any atom is 0.337 e. The lowest BCUT2D eigenvalue weighted by atomic mass is 9.79. The van der Waals surface area contributed by atoms with Crippen LogP contribution >= 0.6 is 0 Å². The molecule has 1 aromatic rings. The van der Waals surface area contributed by atoms with Gasteiger partial charge in [0.25, 0.3) is 0 Å². The maximum atomic E-state index is 13.9. The summed E-state index contributed by atoms with van der Waals surface area (Å²) in [4.78, 5) is 11.5. The summed E-state index contributed by atoms with van der Waals surface area (Å²) >= 11 is 0. The lowest BCUT2D eigenvalue weighted by Crippen LogP contribution is -2.29. The van der Waals surface area contributed by atoms with E-state index < -0.39 is 5.97 Å². The highest BCUT2D eigenvalue weighted by molar-refractivity contribution is 5.90. The van der Waals surface area contributed by atoms with Crippen molar-refractivity contribution in [2.75, 3.05) is 12.4 Å². The molecule has 1 N–H and O–H groups in total. The molecular weight excluding hydrogens is 269 g/mol. The van der Waals surface area contributed by atoms with Crippen molar-refractivity contribution in [3.8, 4) is 0 Å². The van der Waals surface area contributed by atoms with Gasteiger partial charge in [-0.05, 0) is 42.9 Å². The molecule has 21 heavy (non-hydrogen) atoms. The monoisotopic (exact) mass is 293 g/mol. The largest absolute Gasteiger partial charge is 0.465 e. The molecule has 0 aromatic heterocycles. The minimum absolute atomic E-state index is 0.272. The van der Waals surface area contributed by atoms with Gasteiger partial charge in [0.15, 0.2) is 0 Å². The predicted octanol–water partition coefficient (Wildman–Crippen LogP) is 4.24. The molecule has 0 heterocycles. The average Bonchev–Trinajstić information content (AvgIpc) is 2.49. The Balaban J connectivity index is 2.09. The van der Waals surface area contributed by atoms with Crippen LogP contribution in [0.1, 0.15) is 49.9 Å². The van der Waals surface area contributed by atoms with Crippen molar-refractivity contribution >= 4 is 11.7 Å². The molecule has 0 bridgehead atoms. The molecule has 0 amide bonds. The molecule has 1 aliphatic rings. The van der Waals surface area contributed by atoms with Gasteiger partial charge in [-0.25, -0.2) is 9.18 Å². The Morgan fingerprint density at radius 2 is 2.14 bits per heavy atom. The van der Waals surface area contributed by atoms with Gasteiger partial charge in [0.1, 0.15) is 5.82 Å². The SMILES string of the molecule is COC(=O)c1ccc(F)c(NC2CCCC(C(C)C)C2)c1. The summed E-state index contributed by atoms with van der Waals surface area (Å²) in [5, 5.41) is 3.27. The van der Waals surface area contributed by atoms with Crippen LogP contribution in [0.25, 0.3) is 0 Å². The van der Waals surface area contributed by atoms with Gasteiger partial charge in [0, 0.05) is 6.04 Å². The number of carbonyl (C=O) groups excluding carboxylic acids is 1. The van der Waals surface area contributed by atoms with E-state index in [1.54, 1.807) is 6.07 Å². The zero-order chi connectivity index (χ0) is 15.4. The first-order valence-corrected chi connectivity index (χ1v) is 7.65. The summed E-state index contributed by atoms with van der Waals surface area (Å²) in [6.07, 6.45) is 4.52. The van der Waals surface area contributed by atoms with Crippen molar-refractivity contribution in [3.05, 3.63) is 29.6 Å². The second-order valence-corrected chi connectivity index (χ2v) is 6.20. The number of benzene rings is 1. The molecule has 2 atom stereocenters. The van der Waals surface area contributed by atoms with Crippen molar-refractivity contribution in [2.45, 2.75) is 45.6 Å². The molecule has 1 fully saturated rings. The van der Waals surface area contributed by atoms with Gasteiger partial charge in [0.2, 0.25) is 0 Å². The van der Waals surface area contributed by atoms with Crippen LogP contribution in [0, 0.1) is 17.7 Å². The molecule has 0 spiro atoms. The molecule has 0 saturated heterocycles. The molecule has 4 heteroatoms. The van der Waals surface area contributed by atoms with E-state index in [4.69, 9.17) is 0 Å². The first-order chi connectivity index (χ1) is 10.0. The summed E-state index contributed by atoms with van der Waals surface area (Å²) < 4.78 is 18.6. The van der Waals surface area contributed by atoms with Gasteiger partial charge in [-0.1, -0.05) is 26.7 Å². The summed E-state index contributed by atoms with van der Waals surface area (Å²) in [6.45, 7) is 4.48. The molecule has 1 aliphatic carbocycles. The fourth-order valence-electron chi connectivity index (χ4n) is 3.06. The van der Waals surface area contributed by atoms with E-state index in [0.29, 0.717) is 23.1 Å². The third-order valence-electron chi connectivity index (χ3n) is 4.40. The van der Waals surface area contributed by atoms with Crippen molar-refractivity contribution in [1.82, 2.24) is 0 Å². The highest BCUT2D eigenvalue weighted by Gasteiger charge is 2.24. The van der Waals surface area contributed by atoms with Crippen LogP contribution in [0.15, 0.2) is 18.2 Å². The Morgan fingerprint density at radius 3 is 2.81 bits per heavy atom. The minimum atomic E-state index is -0.443. The molecular formula is C17H24FNO2. The third-order valence-corrected chi connectivity index (χ3v) is 4.40. The van der Waals surface area contributed by atoms with Crippen molar-refractivity contribution in [3.63, 3.8) is 0 Å². The van der Waals surface area contributed by atoms with E-state index in [2.05, 4.69) is 23.9 Å². The summed E-state index contributed by atoms with van der Waals surface area (Å²) in [7, 11) is 1.33. The van der Waals surface area contributed by atoms with Crippen LogP contribution < -0.4 is 5.32 Å². The minimum Gasteiger partial charge on any atom is -0.465 e. The van der Waals surface area contributed by atoms with Gasteiger partial charge in [-0.15, -0.1) is 0 Å². The zero-order valence-electron chi connectivity index (χ0n) is 13.0. The molecule has 2 rings (SSSR count). The highest BCUT2D eigenvalue weighted by Crippen LogP contribution is 2.32. The number of carbonyl (C=O) groups is 1. The van der Waals surface area contributed by atoms with Crippen molar-refractivity contribution < 1.29 is 13.9 Å². The van der Waals surface area contributed by atoms with Crippen LogP contribution in [0.2, 0.25) is 0 Å². The Hall–Kier alpha value is -1.58. The highest BCUT2D eigenvalue weighted by atomic mass is 19.1. The first-order valence-electron chi connectivity index (χ1n) is 7.65. The quantitative estimate of drug-likeness (QED) is 0.844. The standard InChI is InChI=1S/C17H24FNO2/c1-11(2)12-5-4-6-14(9-12)19-16-10-13(17(20)21-3)7-8-15(16)18/h7-8,10-12,14,19H,4-6,9H2,1-3H3. The second-order valence-electron chi connectivity index (χ2n) is 6.20. The zero-order valence-corrected chi connectivity index (χ0v) is 13.0. The Morgan fingerprint density at radius 1 is 1.38 bits per heavy atom. The van der Waals surface area contributed by atoms with E-state index >= 15 is 0 Å². The molecule has 116 valence electrons. The molecule has 0 aliphatic heterocycles. The van der Waals surface area contributed by atoms with Gasteiger partial charge in [-0.2, -0.15) is 0 Å². The average molecular weight is 293 g/mol. The number of halogens is 1. The fraction of sp³-hybridized carbons (Fsp3) is 0.588. The van der Waals surface area contributed by atoms with Crippen LogP contribution in [-0.4, -0.2) is 19.1 Å². The lowest BCUT2D eigenvalue weighted by molar-refractivity contribution is 0.0600. The van der Waals surface area contributed by atoms with Crippen LogP contribution in [0.5, 0.6) is 0 Å². The number of hydrogen-bond donors (Lipinski definition) is 1. The number of hydrogen-bond acceptors (Lipinski definition) is 3. The maximum absolute atomic E-state index is 13.9. The molecule has 1 saturated carbocycles. The van der Waals surface area contributed by atoms with Crippen molar-refractivity contribution in [2.24, 2.45) is 11.8 Å². The predicted molar refractivity (Wildman–Crippen MR) is 81.9 cm³/mol. The van der Waals surface area contributed by atoms with Gasteiger partial charge < -0.3 is 10.1 Å². The first kappa shape index (κ1) is 15.8. The molecule has 3 nitrogen and oxygen atoms in total. The van der Waals surface area contributed by atoms with E-state index in [1.807, 2.05) is 0 Å². The fourth-order valence-corrected chi connectivity index (χ4v) is 3.06. The van der Waals surface area contributed by atoms with E-state index in [-0.39, 0.29) is 11.9 Å². The lowest BCUT2D eigenvalue weighted by Gasteiger charge is -2.32. The van der Waals surface area contributed by atoms with Gasteiger partial charge in [0.05, 0.1) is 18.4 Å². The third kappa shape index (κ3) is 3.96. The number of methoxy groups -OCH3 is 1. The molecule has 0 radical (unpaired) electrons. The number of rotatable bonds is 4. The Kier molecular flexibility index (Phi) is 5.21. The number of anilines is 1. The molecule has 1 aromatic carbocycles. The summed E-state index contributed by atoms with van der Waals surface area (Å²) in [6, 6.07) is 4.58. The second kappa shape index (κ2) is 6.92. The number of nitrogens with one attached hydrogen (secondary N) is 1. The van der Waals surface area contributed by atoms with Crippen LogP contribution in [-0.2, 0) is 4.74 Å². The normalized spacial score (nSPS) is 22.1. The van der Waals surface area contributed by atoms with Crippen molar-refractivity contribution in [1.29, 1.82) is 0 Å². The summed E-state index contributed by atoms with van der Waals surface area (Å²) in [5.74, 6) is 0.569. The number of ether oxygens (including phenoxy) is 1. The number of esters is 1. The molecule has 2 unspecified atom stereocenters. The Bertz CT molecular complexity index is 502. The van der Waals surface area contributed by atoms with Crippen LogP contribution in [0.3, 0.4) is 0 Å². The van der Waals surface area contributed by atoms with Crippen LogP contribution in [0.4, 0.5) is 10.1 Å². The Labute approximate surface area is 125 Å². The van der Waals surface area contributed by atoms with E-state index in [9.17, 15) is 9.18 Å².